The molecule has 2 aromatic carbocycles. The number of pyridine rings is 2. The summed E-state index contributed by atoms with van der Waals surface area (Å²) in [5.41, 5.74) is 7.47. The summed E-state index contributed by atoms with van der Waals surface area (Å²) < 4.78 is 11.7. The Labute approximate surface area is 359 Å². The predicted octanol–water partition coefficient (Wildman–Crippen LogP) is 6.99. The molecule has 4 aromatic rings. The molecule has 0 spiro atoms. The summed E-state index contributed by atoms with van der Waals surface area (Å²) in [6.07, 6.45) is 1.53. The van der Waals surface area contributed by atoms with Gasteiger partial charge in [0, 0.05) is 82.9 Å². The standard InChI is InChI=1S/C22H29N3O2.C16H24BrN3O2.C7H9BO2/c1-17-7-5-6-8-19(17)20-10-9-18(15-23-20)16-24-11-13-25(14-12-24)21(26)27-22(2,3)4;1-12-13(5-6-14(17)18-12)11-19-7-9-20(10-8-19)15(21)22-16(2,3)4;1-6-4-2-3-5-7(6)8(9)10/h5-10,15H,11-14,16H2,1-4H3;5-6H,7-11H2,1-4H3;2-5,9-10H,1H3. The zero-order valence-electron chi connectivity index (χ0n) is 36.2. The van der Waals surface area contributed by atoms with E-state index in [2.05, 4.69) is 73.0 Å². The van der Waals surface area contributed by atoms with Crippen LogP contribution in [-0.2, 0) is 22.6 Å². The molecule has 4 heterocycles. The number of piperazine rings is 2. The van der Waals surface area contributed by atoms with E-state index in [9.17, 15) is 9.59 Å². The number of aryl methyl sites for hydroxylation is 3. The molecule has 0 atom stereocenters. The molecule has 2 saturated heterocycles. The number of hydrogen-bond acceptors (Lipinski definition) is 10. The Balaban J connectivity index is 0.000000215. The number of aromatic nitrogens is 2. The van der Waals surface area contributed by atoms with E-state index in [0.717, 1.165) is 60.8 Å². The van der Waals surface area contributed by atoms with Gasteiger partial charge in [0.25, 0.3) is 0 Å². The number of benzene rings is 2. The minimum absolute atomic E-state index is 0.214. The Morgan fingerprint density at radius 1 is 0.678 bits per heavy atom. The number of hydrogen-bond donors (Lipinski definition) is 2. The monoisotopic (exact) mass is 872 g/mol. The SMILES string of the molecule is Cc1ccccc1-c1ccc(CN2CCN(C(=O)OC(C)(C)C)CC2)cn1.Cc1ccccc1B(O)O.Cc1nc(Br)ccc1CN1CCN(C(=O)OC(C)(C)C)CC1. The van der Waals surface area contributed by atoms with Crippen LogP contribution in [0.4, 0.5) is 9.59 Å². The third-order valence-corrected chi connectivity index (χ3v) is 10.2. The van der Waals surface area contributed by atoms with Crippen molar-refractivity contribution < 1.29 is 29.1 Å². The zero-order chi connectivity index (χ0) is 43.3. The van der Waals surface area contributed by atoms with Gasteiger partial charge in [-0.2, -0.15) is 0 Å². The third-order valence-electron chi connectivity index (χ3n) is 9.72. The lowest BCUT2D eigenvalue weighted by molar-refractivity contribution is 0.0129. The first-order valence-electron chi connectivity index (χ1n) is 20.2. The number of nitrogens with zero attached hydrogens (tertiary/aromatic N) is 6. The Bertz CT molecular complexity index is 1950. The molecule has 318 valence electrons. The number of carbonyl (C=O) groups is 2. The molecule has 0 bridgehead atoms. The molecule has 2 aromatic heterocycles. The van der Waals surface area contributed by atoms with Crippen LogP contribution in [0.3, 0.4) is 0 Å². The quantitative estimate of drug-likeness (QED) is 0.155. The van der Waals surface area contributed by atoms with Gasteiger partial charge in [-0.15, -0.1) is 0 Å². The topological polar surface area (TPSA) is 132 Å². The molecule has 2 amide bonds. The molecular formula is C45H62BBrN6O6. The Morgan fingerprint density at radius 3 is 1.63 bits per heavy atom. The second-order valence-electron chi connectivity index (χ2n) is 17.0. The highest BCUT2D eigenvalue weighted by atomic mass is 79.9. The van der Waals surface area contributed by atoms with Crippen LogP contribution < -0.4 is 5.46 Å². The minimum Gasteiger partial charge on any atom is -0.444 e. The van der Waals surface area contributed by atoms with Gasteiger partial charge in [0.15, 0.2) is 0 Å². The Morgan fingerprint density at radius 2 is 1.19 bits per heavy atom. The number of halogens is 1. The average molecular weight is 874 g/mol. The molecule has 12 nitrogen and oxygen atoms in total. The molecule has 0 aliphatic carbocycles. The molecule has 2 aliphatic rings. The van der Waals surface area contributed by atoms with Crippen LogP contribution >= 0.6 is 15.9 Å². The van der Waals surface area contributed by atoms with Crippen LogP contribution in [0.1, 0.15) is 69.5 Å². The van der Waals surface area contributed by atoms with Gasteiger partial charge in [-0.25, -0.2) is 14.6 Å². The van der Waals surface area contributed by atoms with Gasteiger partial charge >= 0.3 is 19.3 Å². The second kappa shape index (κ2) is 21.8. The van der Waals surface area contributed by atoms with Crippen LogP contribution in [0, 0.1) is 20.8 Å². The van der Waals surface area contributed by atoms with Crippen LogP contribution in [0.5, 0.6) is 0 Å². The molecule has 2 N–H and O–H groups in total. The van der Waals surface area contributed by atoms with Crippen molar-refractivity contribution in [1.82, 2.24) is 29.6 Å². The lowest BCUT2D eigenvalue weighted by Gasteiger charge is -2.35. The molecule has 59 heavy (non-hydrogen) atoms. The number of ether oxygens (including phenoxy) is 2. The summed E-state index contributed by atoms with van der Waals surface area (Å²) in [6.45, 7) is 25.3. The van der Waals surface area contributed by atoms with Crippen LogP contribution in [0.2, 0.25) is 0 Å². The van der Waals surface area contributed by atoms with Crippen LogP contribution in [0.25, 0.3) is 11.3 Å². The van der Waals surface area contributed by atoms with E-state index in [1.165, 1.54) is 22.3 Å². The first-order valence-corrected chi connectivity index (χ1v) is 21.0. The summed E-state index contributed by atoms with van der Waals surface area (Å²) in [5.74, 6) is 0. The van der Waals surface area contributed by atoms with Gasteiger partial charge in [0.05, 0.1) is 5.69 Å². The highest BCUT2D eigenvalue weighted by molar-refractivity contribution is 9.10. The first-order chi connectivity index (χ1) is 27.8. The summed E-state index contributed by atoms with van der Waals surface area (Å²) >= 11 is 3.39. The lowest BCUT2D eigenvalue weighted by atomic mass is 9.77. The van der Waals surface area contributed by atoms with E-state index in [1.54, 1.807) is 21.9 Å². The highest BCUT2D eigenvalue weighted by Gasteiger charge is 2.27. The van der Waals surface area contributed by atoms with Gasteiger partial charge in [0.2, 0.25) is 0 Å². The third kappa shape index (κ3) is 16.0. The fourth-order valence-electron chi connectivity index (χ4n) is 6.47. The molecule has 0 saturated carbocycles. The Hall–Kier alpha value is -4.34. The molecule has 6 rings (SSSR count). The molecular weight excluding hydrogens is 811 g/mol. The van der Waals surface area contributed by atoms with Gasteiger partial charge < -0.3 is 29.3 Å². The van der Waals surface area contributed by atoms with Crippen LogP contribution in [0.15, 0.2) is 83.6 Å². The summed E-state index contributed by atoms with van der Waals surface area (Å²) in [5, 5.41) is 17.5. The van der Waals surface area contributed by atoms with Crippen molar-refractivity contribution in [2.75, 3.05) is 52.4 Å². The van der Waals surface area contributed by atoms with Crippen molar-refractivity contribution in [1.29, 1.82) is 0 Å². The fraction of sp³-hybridized carbons (Fsp3) is 0.467. The first kappa shape index (κ1) is 47.3. The molecule has 2 aliphatic heterocycles. The maximum atomic E-state index is 12.2. The number of carbonyl (C=O) groups excluding carboxylic acids is 2. The Kier molecular flexibility index (Phi) is 17.5. The zero-order valence-corrected chi connectivity index (χ0v) is 37.8. The van der Waals surface area contributed by atoms with E-state index in [0.29, 0.717) is 31.6 Å². The fourth-order valence-corrected chi connectivity index (χ4v) is 6.87. The van der Waals surface area contributed by atoms with Gasteiger partial charge in [-0.1, -0.05) is 66.2 Å². The number of amides is 2. The predicted molar refractivity (Wildman–Crippen MR) is 238 cm³/mol. The molecule has 14 heteroatoms. The largest absolute Gasteiger partial charge is 0.488 e. The summed E-state index contributed by atoms with van der Waals surface area (Å²) in [4.78, 5) is 41.5. The van der Waals surface area contributed by atoms with E-state index in [-0.39, 0.29) is 12.2 Å². The van der Waals surface area contributed by atoms with Crippen molar-refractivity contribution in [3.63, 3.8) is 0 Å². The molecule has 2 fully saturated rings. The highest BCUT2D eigenvalue weighted by Crippen LogP contribution is 2.22. The normalized spacial score (nSPS) is 15.0. The van der Waals surface area contributed by atoms with Crippen molar-refractivity contribution in [2.45, 2.75) is 86.6 Å². The van der Waals surface area contributed by atoms with Crippen LogP contribution in [-0.4, -0.2) is 122 Å². The van der Waals surface area contributed by atoms with E-state index >= 15 is 0 Å². The molecule has 0 radical (unpaired) electrons. The van der Waals surface area contributed by atoms with E-state index in [1.807, 2.05) is 91.9 Å². The van der Waals surface area contributed by atoms with Crippen molar-refractivity contribution in [2.24, 2.45) is 0 Å². The maximum Gasteiger partial charge on any atom is 0.488 e. The van der Waals surface area contributed by atoms with Crippen molar-refractivity contribution in [3.05, 3.63) is 112 Å². The van der Waals surface area contributed by atoms with Crippen molar-refractivity contribution >= 4 is 40.7 Å². The van der Waals surface area contributed by atoms with Gasteiger partial charge in [0.1, 0.15) is 15.8 Å². The molecule has 0 unspecified atom stereocenters. The lowest BCUT2D eigenvalue weighted by Crippen LogP contribution is -2.49. The van der Waals surface area contributed by atoms with Gasteiger partial charge in [-0.3, -0.25) is 14.8 Å². The second-order valence-corrected chi connectivity index (χ2v) is 17.8. The number of rotatable bonds is 6. The smallest absolute Gasteiger partial charge is 0.444 e. The van der Waals surface area contributed by atoms with Crippen molar-refractivity contribution in [3.8, 4) is 11.3 Å². The summed E-state index contributed by atoms with van der Waals surface area (Å²) in [6, 6.07) is 23.8. The maximum absolute atomic E-state index is 12.2. The summed E-state index contributed by atoms with van der Waals surface area (Å²) in [7, 11) is -1.35. The minimum atomic E-state index is -1.35. The van der Waals surface area contributed by atoms with E-state index in [4.69, 9.17) is 19.5 Å². The van der Waals surface area contributed by atoms with Gasteiger partial charge in [-0.05, 0) is 113 Å². The van der Waals surface area contributed by atoms with E-state index < -0.39 is 18.3 Å². The average Bonchev–Trinajstić information content (AvgIpc) is 3.16.